The van der Waals surface area contributed by atoms with Gasteiger partial charge in [-0.3, -0.25) is 4.79 Å². The number of para-hydroxylation sites is 2. The van der Waals surface area contributed by atoms with E-state index in [0.717, 1.165) is 19.6 Å². The average Bonchev–Trinajstić information content (AvgIpc) is 2.45. The van der Waals surface area contributed by atoms with Crippen LogP contribution in [0.25, 0.3) is 0 Å². The molecule has 0 radical (unpaired) electrons. The van der Waals surface area contributed by atoms with Crippen molar-refractivity contribution in [1.82, 2.24) is 10.2 Å². The van der Waals surface area contributed by atoms with Gasteiger partial charge in [-0.1, -0.05) is 12.1 Å². The number of ether oxygens (including phenoxy) is 2. The molecule has 104 valence electrons. The number of rotatable bonds is 4. The third kappa shape index (κ3) is 3.61. The molecule has 1 N–H and O–H groups in total. The Morgan fingerprint density at radius 2 is 2.16 bits per heavy atom. The topological polar surface area (TPSA) is 50.8 Å². The molecule has 0 aromatic heterocycles. The number of methoxy groups -OCH3 is 1. The van der Waals surface area contributed by atoms with Crippen molar-refractivity contribution < 1.29 is 14.3 Å². The number of carbonyl (C=O) groups excluding carboxylic acids is 1. The molecule has 19 heavy (non-hydrogen) atoms. The first-order chi connectivity index (χ1) is 9.20. The Labute approximate surface area is 113 Å². The number of nitrogens with zero attached hydrogens (tertiary/aromatic N) is 1. The van der Waals surface area contributed by atoms with Crippen molar-refractivity contribution in [3.8, 4) is 11.5 Å². The fourth-order valence-corrected chi connectivity index (χ4v) is 2.13. The van der Waals surface area contributed by atoms with Crippen molar-refractivity contribution in [3.63, 3.8) is 0 Å². The van der Waals surface area contributed by atoms with Crippen LogP contribution in [0.4, 0.5) is 0 Å². The quantitative estimate of drug-likeness (QED) is 0.877. The number of hydrogen-bond donors (Lipinski definition) is 1. The summed E-state index contributed by atoms with van der Waals surface area (Å²) >= 11 is 0. The monoisotopic (exact) mass is 264 g/mol. The minimum Gasteiger partial charge on any atom is -0.493 e. The van der Waals surface area contributed by atoms with Crippen molar-refractivity contribution in [2.45, 2.75) is 13.0 Å². The van der Waals surface area contributed by atoms with Crippen molar-refractivity contribution in [2.75, 3.05) is 33.4 Å². The zero-order valence-electron chi connectivity index (χ0n) is 11.4. The molecule has 0 bridgehead atoms. The Morgan fingerprint density at radius 3 is 2.84 bits per heavy atom. The normalized spacial score (nSPS) is 19.1. The smallest absolute Gasteiger partial charge is 0.260 e. The SMILES string of the molecule is COc1ccccc1OCC(=O)N1CCNC(C)C1. The number of amides is 1. The minimum atomic E-state index is 0.0132. The number of benzene rings is 1. The Bertz CT molecular complexity index is 436. The van der Waals surface area contributed by atoms with Gasteiger partial charge in [-0.05, 0) is 19.1 Å². The predicted molar refractivity (Wildman–Crippen MR) is 72.5 cm³/mol. The van der Waals surface area contributed by atoms with Gasteiger partial charge in [0.25, 0.3) is 5.91 Å². The van der Waals surface area contributed by atoms with E-state index in [4.69, 9.17) is 9.47 Å². The maximum atomic E-state index is 12.0. The second-order valence-corrected chi connectivity index (χ2v) is 4.63. The highest BCUT2D eigenvalue weighted by molar-refractivity contribution is 5.78. The van der Waals surface area contributed by atoms with Crippen LogP contribution in [0, 0.1) is 0 Å². The van der Waals surface area contributed by atoms with Gasteiger partial charge in [-0.2, -0.15) is 0 Å². The maximum Gasteiger partial charge on any atom is 0.260 e. The first kappa shape index (κ1) is 13.7. The zero-order chi connectivity index (χ0) is 13.7. The molecule has 1 heterocycles. The van der Waals surface area contributed by atoms with Gasteiger partial charge in [0, 0.05) is 25.7 Å². The minimum absolute atomic E-state index is 0.0132. The fourth-order valence-electron chi connectivity index (χ4n) is 2.13. The summed E-state index contributed by atoms with van der Waals surface area (Å²) in [4.78, 5) is 13.9. The molecule has 0 spiro atoms. The molecule has 1 aliphatic rings. The molecule has 1 saturated heterocycles. The molecule has 0 saturated carbocycles. The molecule has 1 aromatic rings. The molecule has 2 rings (SSSR count). The van der Waals surface area contributed by atoms with Crippen LogP contribution >= 0.6 is 0 Å². The molecular weight excluding hydrogens is 244 g/mol. The van der Waals surface area contributed by atoms with E-state index in [0.29, 0.717) is 17.5 Å². The van der Waals surface area contributed by atoms with Gasteiger partial charge in [0.15, 0.2) is 18.1 Å². The van der Waals surface area contributed by atoms with E-state index in [2.05, 4.69) is 12.2 Å². The average molecular weight is 264 g/mol. The maximum absolute atomic E-state index is 12.0. The van der Waals surface area contributed by atoms with Crippen molar-refractivity contribution in [1.29, 1.82) is 0 Å². The number of nitrogens with one attached hydrogen (secondary N) is 1. The summed E-state index contributed by atoms with van der Waals surface area (Å²) in [6.45, 7) is 4.42. The predicted octanol–water partition coefficient (Wildman–Crippen LogP) is 0.894. The van der Waals surface area contributed by atoms with Gasteiger partial charge in [0.05, 0.1) is 7.11 Å². The third-order valence-electron chi connectivity index (χ3n) is 3.14. The number of carbonyl (C=O) groups is 1. The summed E-state index contributed by atoms with van der Waals surface area (Å²) in [5, 5.41) is 3.30. The summed E-state index contributed by atoms with van der Waals surface area (Å²) < 4.78 is 10.7. The lowest BCUT2D eigenvalue weighted by molar-refractivity contribution is -0.134. The molecule has 1 fully saturated rings. The summed E-state index contributed by atoms with van der Waals surface area (Å²) in [5.41, 5.74) is 0. The van der Waals surface area contributed by atoms with Crippen LogP contribution in [0.2, 0.25) is 0 Å². The summed E-state index contributed by atoms with van der Waals surface area (Å²) in [5.74, 6) is 1.25. The van der Waals surface area contributed by atoms with Gasteiger partial charge in [-0.25, -0.2) is 0 Å². The van der Waals surface area contributed by atoms with Crippen LogP contribution in [0.15, 0.2) is 24.3 Å². The van der Waals surface area contributed by atoms with E-state index >= 15 is 0 Å². The third-order valence-corrected chi connectivity index (χ3v) is 3.14. The Kier molecular flexibility index (Phi) is 4.63. The summed E-state index contributed by atoms with van der Waals surface area (Å²) in [6.07, 6.45) is 0. The van der Waals surface area contributed by atoms with E-state index in [1.165, 1.54) is 0 Å². The highest BCUT2D eigenvalue weighted by Gasteiger charge is 2.20. The Balaban J connectivity index is 1.89. The van der Waals surface area contributed by atoms with Gasteiger partial charge in [0.2, 0.25) is 0 Å². The van der Waals surface area contributed by atoms with Gasteiger partial charge < -0.3 is 19.7 Å². The molecule has 1 unspecified atom stereocenters. The molecular formula is C14H20N2O3. The van der Waals surface area contributed by atoms with E-state index < -0.39 is 0 Å². The molecule has 1 amide bonds. The van der Waals surface area contributed by atoms with E-state index in [-0.39, 0.29) is 12.5 Å². The van der Waals surface area contributed by atoms with E-state index in [9.17, 15) is 4.79 Å². The molecule has 5 nitrogen and oxygen atoms in total. The molecule has 0 aliphatic carbocycles. The number of piperazine rings is 1. The zero-order valence-corrected chi connectivity index (χ0v) is 11.4. The van der Waals surface area contributed by atoms with Gasteiger partial charge in [-0.15, -0.1) is 0 Å². The lowest BCUT2D eigenvalue weighted by atomic mass is 10.2. The summed E-state index contributed by atoms with van der Waals surface area (Å²) in [7, 11) is 1.59. The van der Waals surface area contributed by atoms with Crippen LogP contribution in [0.3, 0.4) is 0 Å². The van der Waals surface area contributed by atoms with Crippen LogP contribution in [-0.4, -0.2) is 50.2 Å². The second-order valence-electron chi connectivity index (χ2n) is 4.63. The first-order valence-corrected chi connectivity index (χ1v) is 6.47. The van der Waals surface area contributed by atoms with Crippen LogP contribution in [0.5, 0.6) is 11.5 Å². The summed E-state index contributed by atoms with van der Waals surface area (Å²) in [6, 6.07) is 7.67. The largest absolute Gasteiger partial charge is 0.493 e. The molecule has 5 heteroatoms. The Morgan fingerprint density at radius 1 is 1.42 bits per heavy atom. The van der Waals surface area contributed by atoms with Crippen molar-refractivity contribution in [3.05, 3.63) is 24.3 Å². The highest BCUT2D eigenvalue weighted by atomic mass is 16.5. The van der Waals surface area contributed by atoms with E-state index in [1.54, 1.807) is 13.2 Å². The molecule has 1 aliphatic heterocycles. The second kappa shape index (κ2) is 6.43. The van der Waals surface area contributed by atoms with Crippen molar-refractivity contribution in [2.24, 2.45) is 0 Å². The van der Waals surface area contributed by atoms with Gasteiger partial charge in [0.1, 0.15) is 0 Å². The van der Waals surface area contributed by atoms with Crippen LogP contribution in [-0.2, 0) is 4.79 Å². The highest BCUT2D eigenvalue weighted by Crippen LogP contribution is 2.25. The Hall–Kier alpha value is -1.75. The van der Waals surface area contributed by atoms with Crippen LogP contribution < -0.4 is 14.8 Å². The van der Waals surface area contributed by atoms with Crippen LogP contribution in [0.1, 0.15) is 6.92 Å². The van der Waals surface area contributed by atoms with Crippen molar-refractivity contribution >= 4 is 5.91 Å². The van der Waals surface area contributed by atoms with E-state index in [1.807, 2.05) is 23.1 Å². The first-order valence-electron chi connectivity index (χ1n) is 6.47. The van der Waals surface area contributed by atoms with Gasteiger partial charge >= 0.3 is 0 Å². The standard InChI is InChI=1S/C14H20N2O3/c1-11-9-16(8-7-15-11)14(17)10-19-13-6-4-3-5-12(13)18-2/h3-6,11,15H,7-10H2,1-2H3. The molecule has 1 aromatic carbocycles. The molecule has 1 atom stereocenters. The lowest BCUT2D eigenvalue weighted by Crippen LogP contribution is -2.52. The lowest BCUT2D eigenvalue weighted by Gasteiger charge is -2.31. The number of hydrogen-bond acceptors (Lipinski definition) is 4. The fraction of sp³-hybridized carbons (Fsp3) is 0.500.